The van der Waals surface area contributed by atoms with E-state index in [4.69, 9.17) is 5.73 Å². The second-order valence-electron chi connectivity index (χ2n) is 5.51. The van der Waals surface area contributed by atoms with Crippen molar-refractivity contribution in [2.24, 2.45) is 0 Å². The topological polar surface area (TPSA) is 151 Å². The van der Waals surface area contributed by atoms with Crippen LogP contribution in [-0.2, 0) is 6.54 Å². The predicted octanol–water partition coefficient (Wildman–Crippen LogP) is 1.27. The number of aromatic nitrogens is 3. The first kappa shape index (κ1) is 17.0. The number of hydrogen-bond donors (Lipinski definition) is 4. The Labute approximate surface area is 146 Å². The third-order valence-electron chi connectivity index (χ3n) is 3.79. The van der Waals surface area contributed by atoms with Crippen molar-refractivity contribution >= 4 is 17.8 Å². The van der Waals surface area contributed by atoms with Gasteiger partial charge in [0.05, 0.1) is 6.54 Å². The summed E-state index contributed by atoms with van der Waals surface area (Å²) in [5, 5.41) is 23.0. The molecule has 0 radical (unpaired) electrons. The quantitative estimate of drug-likeness (QED) is 0.538. The van der Waals surface area contributed by atoms with Crippen LogP contribution >= 0.6 is 0 Å². The van der Waals surface area contributed by atoms with Crippen molar-refractivity contribution in [2.45, 2.75) is 6.54 Å². The number of nitrogen functional groups attached to an aromatic ring is 1. The summed E-state index contributed by atoms with van der Waals surface area (Å²) in [5.74, 6) is -3.38. The minimum absolute atomic E-state index is 0.228. The number of carboxylic acid groups (broad SMARTS) is 2. The molecule has 0 unspecified atom stereocenters. The van der Waals surface area contributed by atoms with Crippen molar-refractivity contribution in [3.8, 4) is 11.1 Å². The Balaban J connectivity index is 2.24. The van der Waals surface area contributed by atoms with Crippen molar-refractivity contribution in [3.63, 3.8) is 0 Å². The molecule has 0 atom stereocenters. The molecule has 0 aliphatic carbocycles. The third kappa shape index (κ3) is 3.05. The number of H-pyrrole nitrogens is 1. The van der Waals surface area contributed by atoms with Crippen LogP contribution in [0.25, 0.3) is 11.1 Å². The standard InChI is InChI=1S/C17H14N4O5/c18-14-12(16(23)24)11(13(17(25)26)15(22)20-14)10-4-1-3-9(7-10)8-21-6-2-5-19-21/h1-7H,8H2,(H,23,24)(H,25,26)(H3,18,20,22). The predicted molar refractivity (Wildman–Crippen MR) is 92.2 cm³/mol. The van der Waals surface area contributed by atoms with E-state index >= 15 is 0 Å². The lowest BCUT2D eigenvalue weighted by Gasteiger charge is -2.13. The van der Waals surface area contributed by atoms with Crippen molar-refractivity contribution in [2.75, 3.05) is 5.73 Å². The molecule has 0 fully saturated rings. The molecule has 9 nitrogen and oxygen atoms in total. The van der Waals surface area contributed by atoms with Gasteiger partial charge in [-0.05, 0) is 23.3 Å². The second kappa shape index (κ2) is 6.55. The molecule has 0 amide bonds. The molecule has 0 spiro atoms. The Hall–Kier alpha value is -3.88. The van der Waals surface area contributed by atoms with Crippen molar-refractivity contribution in [3.05, 3.63) is 69.8 Å². The summed E-state index contributed by atoms with van der Waals surface area (Å²) in [6.45, 7) is 0.393. The van der Waals surface area contributed by atoms with Crippen molar-refractivity contribution in [1.29, 1.82) is 0 Å². The average molecular weight is 354 g/mol. The summed E-state index contributed by atoms with van der Waals surface area (Å²) < 4.78 is 1.65. The zero-order chi connectivity index (χ0) is 18.8. The first-order valence-electron chi connectivity index (χ1n) is 7.47. The number of benzene rings is 1. The van der Waals surface area contributed by atoms with Crippen LogP contribution in [0, 0.1) is 0 Å². The maximum atomic E-state index is 12.1. The Morgan fingerprint density at radius 3 is 2.50 bits per heavy atom. The molecule has 1 aromatic carbocycles. The lowest BCUT2D eigenvalue weighted by Crippen LogP contribution is -2.24. The van der Waals surface area contributed by atoms with E-state index < -0.39 is 34.4 Å². The van der Waals surface area contributed by atoms with E-state index in [9.17, 15) is 24.6 Å². The molecule has 0 saturated carbocycles. The van der Waals surface area contributed by atoms with E-state index in [-0.39, 0.29) is 11.1 Å². The molecule has 2 heterocycles. The first-order chi connectivity index (χ1) is 12.4. The van der Waals surface area contributed by atoms with Gasteiger partial charge in [0.2, 0.25) is 0 Å². The average Bonchev–Trinajstić information content (AvgIpc) is 3.06. The van der Waals surface area contributed by atoms with Crippen LogP contribution in [0.1, 0.15) is 26.3 Å². The summed E-state index contributed by atoms with van der Waals surface area (Å²) in [5.41, 5.74) is 4.32. The number of hydrogen-bond acceptors (Lipinski definition) is 5. The molecular formula is C17H14N4O5. The van der Waals surface area contributed by atoms with E-state index in [0.717, 1.165) is 5.56 Å². The van der Waals surface area contributed by atoms with Gasteiger partial charge in [-0.2, -0.15) is 5.10 Å². The molecule has 9 heteroatoms. The van der Waals surface area contributed by atoms with E-state index in [1.54, 1.807) is 41.3 Å². The maximum absolute atomic E-state index is 12.1. The van der Waals surface area contributed by atoms with Gasteiger partial charge in [0.1, 0.15) is 16.9 Å². The molecule has 0 saturated heterocycles. The fourth-order valence-corrected chi connectivity index (χ4v) is 2.74. The Bertz CT molecular complexity index is 1050. The molecule has 0 aliphatic rings. The van der Waals surface area contributed by atoms with Crippen LogP contribution in [0.4, 0.5) is 5.82 Å². The Kier molecular flexibility index (Phi) is 4.27. The van der Waals surface area contributed by atoms with Crippen LogP contribution < -0.4 is 11.3 Å². The van der Waals surface area contributed by atoms with Gasteiger partial charge < -0.3 is 20.9 Å². The zero-order valence-corrected chi connectivity index (χ0v) is 13.3. The van der Waals surface area contributed by atoms with E-state index in [1.807, 2.05) is 0 Å². The van der Waals surface area contributed by atoms with Gasteiger partial charge in [-0.3, -0.25) is 9.48 Å². The minimum Gasteiger partial charge on any atom is -0.478 e. The van der Waals surface area contributed by atoms with Crippen molar-refractivity contribution in [1.82, 2.24) is 14.8 Å². The highest BCUT2D eigenvalue weighted by Crippen LogP contribution is 2.29. The third-order valence-corrected chi connectivity index (χ3v) is 3.79. The smallest absolute Gasteiger partial charge is 0.342 e. The number of nitrogens with one attached hydrogen (secondary N) is 1. The van der Waals surface area contributed by atoms with Crippen LogP contribution in [0.5, 0.6) is 0 Å². The summed E-state index contributed by atoms with van der Waals surface area (Å²) in [4.78, 5) is 37.4. The summed E-state index contributed by atoms with van der Waals surface area (Å²) in [6, 6.07) is 8.31. The lowest BCUT2D eigenvalue weighted by atomic mass is 9.94. The Morgan fingerprint density at radius 2 is 1.88 bits per heavy atom. The lowest BCUT2D eigenvalue weighted by molar-refractivity contribution is 0.0695. The first-order valence-corrected chi connectivity index (χ1v) is 7.47. The van der Waals surface area contributed by atoms with Gasteiger partial charge in [0, 0.05) is 18.0 Å². The fourth-order valence-electron chi connectivity index (χ4n) is 2.74. The zero-order valence-electron chi connectivity index (χ0n) is 13.3. The molecule has 26 heavy (non-hydrogen) atoms. The van der Waals surface area contributed by atoms with Gasteiger partial charge in [0.25, 0.3) is 5.56 Å². The number of carbonyl (C=O) groups is 2. The van der Waals surface area contributed by atoms with E-state index in [1.165, 1.54) is 6.07 Å². The molecule has 2 aromatic heterocycles. The maximum Gasteiger partial charge on any atom is 0.342 e. The van der Waals surface area contributed by atoms with Gasteiger partial charge >= 0.3 is 11.9 Å². The number of nitrogens with zero attached hydrogens (tertiary/aromatic N) is 2. The Morgan fingerprint density at radius 1 is 1.15 bits per heavy atom. The molecular weight excluding hydrogens is 340 g/mol. The van der Waals surface area contributed by atoms with Crippen molar-refractivity contribution < 1.29 is 19.8 Å². The van der Waals surface area contributed by atoms with Crippen LogP contribution in [0.15, 0.2) is 47.5 Å². The van der Waals surface area contributed by atoms with Gasteiger partial charge in [0.15, 0.2) is 0 Å². The fraction of sp³-hybridized carbons (Fsp3) is 0.0588. The second-order valence-corrected chi connectivity index (χ2v) is 5.51. The molecule has 3 rings (SSSR count). The minimum atomic E-state index is -1.54. The monoisotopic (exact) mass is 354 g/mol. The highest BCUT2D eigenvalue weighted by molar-refractivity contribution is 6.07. The van der Waals surface area contributed by atoms with Crippen LogP contribution in [-0.4, -0.2) is 36.9 Å². The number of aromatic carboxylic acids is 2. The largest absolute Gasteiger partial charge is 0.478 e. The molecule has 0 aliphatic heterocycles. The normalized spacial score (nSPS) is 10.6. The number of rotatable bonds is 5. The number of pyridine rings is 1. The van der Waals surface area contributed by atoms with Gasteiger partial charge in [-0.25, -0.2) is 9.59 Å². The summed E-state index contributed by atoms with van der Waals surface area (Å²) >= 11 is 0. The molecule has 3 aromatic rings. The molecule has 5 N–H and O–H groups in total. The number of nitrogens with two attached hydrogens (primary N) is 1. The molecule has 0 bridgehead atoms. The summed E-state index contributed by atoms with van der Waals surface area (Å²) in [6.07, 6.45) is 3.37. The van der Waals surface area contributed by atoms with Gasteiger partial charge in [-0.1, -0.05) is 18.2 Å². The SMILES string of the molecule is Nc1[nH]c(=O)c(C(=O)O)c(-c2cccc(Cn3cccn3)c2)c1C(=O)O. The molecule has 132 valence electrons. The number of anilines is 1. The van der Waals surface area contributed by atoms with E-state index in [2.05, 4.69) is 10.1 Å². The number of aromatic amines is 1. The van der Waals surface area contributed by atoms with Gasteiger partial charge in [-0.15, -0.1) is 0 Å². The highest BCUT2D eigenvalue weighted by atomic mass is 16.4. The van der Waals surface area contributed by atoms with Crippen LogP contribution in [0.2, 0.25) is 0 Å². The van der Waals surface area contributed by atoms with E-state index in [0.29, 0.717) is 6.54 Å². The van der Waals surface area contributed by atoms with Crippen LogP contribution in [0.3, 0.4) is 0 Å². The number of carboxylic acids is 2. The summed E-state index contributed by atoms with van der Waals surface area (Å²) in [7, 11) is 0. The highest BCUT2D eigenvalue weighted by Gasteiger charge is 2.26.